The fraction of sp³-hybridized carbons (Fsp3) is 0.783. The minimum atomic E-state index is -0.996. The number of ketones is 1. The molecule has 0 bridgehead atoms. The molecule has 3 fully saturated rings. The first kappa shape index (κ1) is 19.7. The van der Waals surface area contributed by atoms with E-state index in [9.17, 15) is 9.59 Å². The molecule has 0 aromatic carbocycles. The zero-order valence-electron chi connectivity index (χ0n) is 17.4. The molecule has 0 aliphatic heterocycles. The molecule has 0 spiro atoms. The molecule has 0 amide bonds. The summed E-state index contributed by atoms with van der Waals surface area (Å²) in [5.41, 5.74) is 2.77. The molecule has 5 heteroatoms. The molecule has 4 aliphatic carbocycles. The summed E-state index contributed by atoms with van der Waals surface area (Å²) in [6.07, 6.45) is 11.1. The van der Waals surface area contributed by atoms with Crippen LogP contribution in [0.15, 0.2) is 16.8 Å². The lowest BCUT2D eigenvalue weighted by Crippen LogP contribution is -2.51. The molecule has 1 N–H and O–H groups in total. The first-order valence-electron chi connectivity index (χ1n) is 10.9. The molecule has 6 atom stereocenters. The summed E-state index contributed by atoms with van der Waals surface area (Å²) in [6, 6.07) is 0. The standard InChI is InChI=1S/C23H33NO4/c1-14(25)18-6-7-19-17-5-4-15-12-16(24-28-13-21(26)27)8-10-22(15,2)20(17)9-11-23(18,19)3/h12,17-20H,4-11,13H2,1-3H3,(H,26,27)/t17-,18-,19-,20-,22+,23-/m1/s1. The van der Waals surface area contributed by atoms with Crippen LogP contribution in [-0.4, -0.2) is 29.2 Å². The number of Topliss-reactive ketones (excluding diaryl/α,β-unsaturated/α-hetero) is 1. The topological polar surface area (TPSA) is 76.0 Å². The quantitative estimate of drug-likeness (QED) is 0.715. The molecule has 0 saturated heterocycles. The predicted molar refractivity (Wildman–Crippen MR) is 107 cm³/mol. The van der Waals surface area contributed by atoms with Gasteiger partial charge in [0.2, 0.25) is 6.61 Å². The van der Waals surface area contributed by atoms with Gasteiger partial charge in [0, 0.05) is 5.92 Å². The van der Waals surface area contributed by atoms with Gasteiger partial charge < -0.3 is 9.94 Å². The monoisotopic (exact) mass is 387 g/mol. The molecule has 0 aromatic rings. The Balaban J connectivity index is 1.55. The molecule has 3 saturated carbocycles. The van der Waals surface area contributed by atoms with Gasteiger partial charge in [0.25, 0.3) is 0 Å². The molecule has 154 valence electrons. The molecule has 0 heterocycles. The zero-order valence-corrected chi connectivity index (χ0v) is 17.4. The van der Waals surface area contributed by atoms with Gasteiger partial charge in [-0.05, 0) is 93.0 Å². The Bertz CT molecular complexity index is 741. The van der Waals surface area contributed by atoms with Gasteiger partial charge in [-0.2, -0.15) is 0 Å². The van der Waals surface area contributed by atoms with E-state index in [1.807, 2.05) is 0 Å². The molecule has 0 radical (unpaired) electrons. The van der Waals surface area contributed by atoms with Crippen molar-refractivity contribution in [3.05, 3.63) is 11.6 Å². The number of allylic oxidation sites excluding steroid dienone is 2. The number of rotatable bonds is 4. The Morgan fingerprint density at radius 2 is 1.93 bits per heavy atom. The van der Waals surface area contributed by atoms with Gasteiger partial charge in [0.1, 0.15) is 5.78 Å². The van der Waals surface area contributed by atoms with Crippen LogP contribution in [0.3, 0.4) is 0 Å². The van der Waals surface area contributed by atoms with Crippen LogP contribution in [0.25, 0.3) is 0 Å². The summed E-state index contributed by atoms with van der Waals surface area (Å²) in [5.74, 6) is 1.77. The highest BCUT2D eigenvalue weighted by Crippen LogP contribution is 2.66. The van der Waals surface area contributed by atoms with Crippen molar-refractivity contribution in [2.45, 2.75) is 72.1 Å². The van der Waals surface area contributed by atoms with Crippen molar-refractivity contribution in [1.29, 1.82) is 0 Å². The lowest BCUT2D eigenvalue weighted by Gasteiger charge is -2.58. The first-order valence-corrected chi connectivity index (χ1v) is 10.9. The van der Waals surface area contributed by atoms with Crippen molar-refractivity contribution in [2.75, 3.05) is 6.61 Å². The Morgan fingerprint density at radius 3 is 2.64 bits per heavy atom. The van der Waals surface area contributed by atoms with Gasteiger partial charge in [0.15, 0.2) is 0 Å². The van der Waals surface area contributed by atoms with Crippen LogP contribution in [-0.2, 0) is 14.4 Å². The fourth-order valence-electron chi connectivity index (χ4n) is 7.48. The molecule has 0 aromatic heterocycles. The number of fused-ring (bicyclic) bond motifs is 5. The number of carboxylic acids is 1. The third-order valence-electron chi connectivity index (χ3n) is 8.84. The van der Waals surface area contributed by atoms with Gasteiger partial charge in [-0.25, -0.2) is 4.79 Å². The van der Waals surface area contributed by atoms with E-state index in [0.29, 0.717) is 17.6 Å². The van der Waals surface area contributed by atoms with Crippen LogP contribution in [0.5, 0.6) is 0 Å². The average Bonchev–Trinajstić information content (AvgIpc) is 2.99. The summed E-state index contributed by atoms with van der Waals surface area (Å²) >= 11 is 0. The summed E-state index contributed by atoms with van der Waals surface area (Å²) in [7, 11) is 0. The molecule has 0 unspecified atom stereocenters. The van der Waals surface area contributed by atoms with Crippen LogP contribution in [0, 0.1) is 34.5 Å². The van der Waals surface area contributed by atoms with E-state index in [0.717, 1.165) is 37.3 Å². The van der Waals surface area contributed by atoms with Gasteiger partial charge >= 0.3 is 5.97 Å². The smallest absolute Gasteiger partial charge is 0.344 e. The maximum atomic E-state index is 12.3. The maximum absolute atomic E-state index is 12.3. The van der Waals surface area contributed by atoms with E-state index < -0.39 is 5.97 Å². The van der Waals surface area contributed by atoms with Crippen LogP contribution >= 0.6 is 0 Å². The van der Waals surface area contributed by atoms with Gasteiger partial charge in [-0.15, -0.1) is 0 Å². The van der Waals surface area contributed by atoms with Gasteiger partial charge in [-0.1, -0.05) is 24.6 Å². The van der Waals surface area contributed by atoms with Crippen molar-refractivity contribution < 1.29 is 19.5 Å². The van der Waals surface area contributed by atoms with Crippen LogP contribution in [0.1, 0.15) is 72.1 Å². The highest BCUT2D eigenvalue weighted by Gasteiger charge is 2.59. The summed E-state index contributed by atoms with van der Waals surface area (Å²) in [4.78, 5) is 27.8. The number of oxime groups is 1. The number of carbonyl (C=O) groups is 2. The number of nitrogens with zero attached hydrogens (tertiary/aromatic N) is 1. The molecule has 28 heavy (non-hydrogen) atoms. The second kappa shape index (κ2) is 7.00. The zero-order chi connectivity index (χ0) is 20.1. The predicted octanol–water partition coefficient (Wildman–Crippen LogP) is 4.61. The van der Waals surface area contributed by atoms with Crippen molar-refractivity contribution in [2.24, 2.45) is 39.7 Å². The molecule has 4 rings (SSSR count). The van der Waals surface area contributed by atoms with E-state index in [-0.39, 0.29) is 23.4 Å². The van der Waals surface area contributed by atoms with E-state index in [4.69, 9.17) is 9.94 Å². The molecule has 5 nitrogen and oxygen atoms in total. The van der Waals surface area contributed by atoms with E-state index in [1.165, 1.54) is 31.3 Å². The second-order valence-corrected chi connectivity index (χ2v) is 10.0. The number of aliphatic carboxylic acids is 1. The highest BCUT2D eigenvalue weighted by molar-refractivity contribution is 5.96. The Hall–Kier alpha value is -1.65. The van der Waals surface area contributed by atoms with Crippen molar-refractivity contribution in [3.63, 3.8) is 0 Å². The third kappa shape index (κ3) is 3.02. The van der Waals surface area contributed by atoms with E-state index in [1.54, 1.807) is 6.92 Å². The van der Waals surface area contributed by atoms with Crippen molar-refractivity contribution in [3.8, 4) is 0 Å². The molecular weight excluding hydrogens is 354 g/mol. The SMILES string of the molecule is CC(=O)[C@H]1CC[C@@H]2[C@H]3CCC4=CC(=NOCC(=O)O)CC[C@]4(C)[C@@H]3CC[C@]12C. The average molecular weight is 388 g/mol. The Labute approximate surface area is 167 Å². The summed E-state index contributed by atoms with van der Waals surface area (Å²) in [5, 5.41) is 12.8. The second-order valence-electron chi connectivity index (χ2n) is 10.0. The van der Waals surface area contributed by atoms with Crippen LogP contribution < -0.4 is 0 Å². The Kier molecular flexibility index (Phi) is 4.91. The first-order chi connectivity index (χ1) is 13.3. The van der Waals surface area contributed by atoms with Crippen LogP contribution in [0.4, 0.5) is 0 Å². The third-order valence-corrected chi connectivity index (χ3v) is 8.84. The minimum Gasteiger partial charge on any atom is -0.479 e. The number of hydrogen-bond donors (Lipinski definition) is 1. The highest BCUT2D eigenvalue weighted by atomic mass is 16.6. The van der Waals surface area contributed by atoms with Crippen molar-refractivity contribution in [1.82, 2.24) is 0 Å². The minimum absolute atomic E-state index is 0.205. The largest absolute Gasteiger partial charge is 0.479 e. The number of carboxylic acid groups (broad SMARTS) is 1. The molecular formula is C23H33NO4. The maximum Gasteiger partial charge on any atom is 0.344 e. The lowest BCUT2D eigenvalue weighted by molar-refractivity contribution is -0.142. The Morgan fingerprint density at radius 1 is 1.14 bits per heavy atom. The fourth-order valence-corrected chi connectivity index (χ4v) is 7.48. The lowest BCUT2D eigenvalue weighted by atomic mass is 9.46. The van der Waals surface area contributed by atoms with Crippen LogP contribution in [0.2, 0.25) is 0 Å². The van der Waals surface area contributed by atoms with Gasteiger partial charge in [-0.3, -0.25) is 4.79 Å². The van der Waals surface area contributed by atoms with E-state index >= 15 is 0 Å². The van der Waals surface area contributed by atoms with E-state index in [2.05, 4.69) is 25.1 Å². The summed E-state index contributed by atoms with van der Waals surface area (Å²) in [6.45, 7) is 6.24. The van der Waals surface area contributed by atoms with Crippen molar-refractivity contribution >= 4 is 17.5 Å². The normalized spacial score (nSPS) is 43.5. The number of hydrogen-bond acceptors (Lipinski definition) is 4. The molecule has 4 aliphatic rings. The number of carbonyl (C=O) groups excluding carboxylic acids is 1. The summed E-state index contributed by atoms with van der Waals surface area (Å²) < 4.78 is 0. The van der Waals surface area contributed by atoms with Gasteiger partial charge in [0.05, 0.1) is 5.71 Å².